The zero-order chi connectivity index (χ0) is 23.7. The lowest BCUT2D eigenvalue weighted by Crippen LogP contribution is -2.53. The molecule has 12 heteroatoms. The highest BCUT2D eigenvalue weighted by Gasteiger charge is 2.33. The number of nitrogen functional groups attached to an aromatic ring is 1. The largest absolute Gasteiger partial charge is 0.382 e. The Morgan fingerprint density at radius 2 is 1.94 bits per heavy atom. The number of nitrogens with zero attached hydrogens (tertiary/aromatic N) is 4. The number of rotatable bonds is 5. The average molecular weight is 513 g/mol. The Morgan fingerprint density at radius 3 is 2.58 bits per heavy atom. The Morgan fingerprint density at radius 1 is 1.21 bits per heavy atom. The van der Waals surface area contributed by atoms with Crippen LogP contribution in [0.5, 0.6) is 0 Å². The van der Waals surface area contributed by atoms with Crippen molar-refractivity contribution in [2.75, 3.05) is 42.1 Å². The number of piperazine rings is 1. The van der Waals surface area contributed by atoms with Crippen LogP contribution in [0.4, 0.5) is 17.6 Å². The maximum atomic E-state index is 12.6. The standard InChI is InChI=1S/C21H24Cl3N7O2/c1-11(13-3-2-12(22)10-14(13)23)26-19-17(24)18(25)28-21(29-19)31-8-6-30(7-9-31)20(33)15-4-5-16(32)27-15/h2-3,10-11,15H,4-9H2,1H3,(H,27,32)(H3,25,26,28,29)/t11-,15-/m1/s1. The van der Waals surface area contributed by atoms with Gasteiger partial charge in [0, 0.05) is 42.6 Å². The highest BCUT2D eigenvalue weighted by molar-refractivity contribution is 6.35. The molecule has 0 unspecified atom stereocenters. The van der Waals surface area contributed by atoms with Crippen LogP contribution in [-0.2, 0) is 9.59 Å². The molecule has 3 heterocycles. The van der Waals surface area contributed by atoms with Gasteiger partial charge in [-0.1, -0.05) is 40.9 Å². The van der Waals surface area contributed by atoms with Crippen LogP contribution in [0, 0.1) is 0 Å². The summed E-state index contributed by atoms with van der Waals surface area (Å²) in [6, 6.07) is 4.63. The van der Waals surface area contributed by atoms with Crippen LogP contribution in [0.3, 0.4) is 0 Å². The number of anilines is 3. The third kappa shape index (κ3) is 5.20. The number of halogens is 3. The molecule has 2 atom stereocenters. The van der Waals surface area contributed by atoms with Crippen LogP contribution in [-0.4, -0.2) is 58.9 Å². The van der Waals surface area contributed by atoms with Gasteiger partial charge < -0.3 is 26.2 Å². The van der Waals surface area contributed by atoms with Gasteiger partial charge in [-0.2, -0.15) is 9.97 Å². The van der Waals surface area contributed by atoms with E-state index in [1.165, 1.54) is 0 Å². The van der Waals surface area contributed by atoms with Gasteiger partial charge in [-0.25, -0.2) is 0 Å². The van der Waals surface area contributed by atoms with Crippen molar-refractivity contribution in [1.82, 2.24) is 20.2 Å². The number of carbonyl (C=O) groups is 2. The van der Waals surface area contributed by atoms with Crippen molar-refractivity contribution in [3.05, 3.63) is 38.8 Å². The topological polar surface area (TPSA) is 116 Å². The van der Waals surface area contributed by atoms with Gasteiger partial charge in [0.1, 0.15) is 16.9 Å². The summed E-state index contributed by atoms with van der Waals surface area (Å²) in [7, 11) is 0. The lowest BCUT2D eigenvalue weighted by molar-refractivity contribution is -0.134. The lowest BCUT2D eigenvalue weighted by Gasteiger charge is -2.36. The number of hydrogen-bond acceptors (Lipinski definition) is 7. The van der Waals surface area contributed by atoms with Gasteiger partial charge in [0.15, 0.2) is 5.82 Å². The first-order chi connectivity index (χ1) is 15.7. The van der Waals surface area contributed by atoms with Gasteiger partial charge >= 0.3 is 0 Å². The van der Waals surface area contributed by atoms with E-state index in [0.29, 0.717) is 60.8 Å². The Bertz CT molecular complexity index is 1080. The third-order valence-corrected chi connectivity index (χ3v) is 6.75. The smallest absolute Gasteiger partial charge is 0.245 e. The summed E-state index contributed by atoms with van der Waals surface area (Å²) in [6.07, 6.45) is 0.934. The van der Waals surface area contributed by atoms with Crippen molar-refractivity contribution in [2.45, 2.75) is 31.8 Å². The zero-order valence-electron chi connectivity index (χ0n) is 17.9. The van der Waals surface area contributed by atoms with E-state index in [1.807, 2.05) is 17.9 Å². The van der Waals surface area contributed by atoms with Crippen LogP contribution < -0.4 is 21.3 Å². The fraction of sp³-hybridized carbons (Fsp3) is 0.429. The number of amides is 2. The summed E-state index contributed by atoms with van der Waals surface area (Å²) in [5.41, 5.74) is 6.90. The van der Waals surface area contributed by atoms with Crippen LogP contribution in [0.25, 0.3) is 0 Å². The Kier molecular flexibility index (Phi) is 7.02. The molecule has 0 aliphatic carbocycles. The fourth-order valence-electron chi connectivity index (χ4n) is 3.97. The average Bonchev–Trinajstić information content (AvgIpc) is 3.22. The van der Waals surface area contributed by atoms with E-state index in [-0.39, 0.29) is 28.7 Å². The van der Waals surface area contributed by atoms with E-state index >= 15 is 0 Å². The van der Waals surface area contributed by atoms with Crippen LogP contribution in [0.2, 0.25) is 15.1 Å². The van der Waals surface area contributed by atoms with Gasteiger partial charge in [0.25, 0.3) is 0 Å². The zero-order valence-corrected chi connectivity index (χ0v) is 20.2. The molecule has 2 saturated heterocycles. The van der Waals surface area contributed by atoms with E-state index < -0.39 is 6.04 Å². The molecule has 1 aromatic heterocycles. The number of carbonyl (C=O) groups excluding carboxylic acids is 2. The van der Waals surface area contributed by atoms with Crippen molar-refractivity contribution >= 4 is 64.2 Å². The van der Waals surface area contributed by atoms with Gasteiger partial charge in [0.2, 0.25) is 17.8 Å². The molecule has 4 N–H and O–H groups in total. The van der Waals surface area contributed by atoms with Crippen molar-refractivity contribution in [3.63, 3.8) is 0 Å². The number of nitrogens with two attached hydrogens (primary N) is 1. The van der Waals surface area contributed by atoms with Crippen molar-refractivity contribution in [2.24, 2.45) is 0 Å². The second-order valence-electron chi connectivity index (χ2n) is 8.07. The maximum Gasteiger partial charge on any atom is 0.245 e. The van der Waals surface area contributed by atoms with E-state index in [0.717, 1.165) is 5.56 Å². The summed E-state index contributed by atoms with van der Waals surface area (Å²) in [5, 5.41) is 7.29. The molecular weight excluding hydrogens is 489 g/mol. The number of nitrogens with one attached hydrogen (secondary N) is 2. The van der Waals surface area contributed by atoms with Crippen LogP contribution >= 0.6 is 34.8 Å². The minimum absolute atomic E-state index is 0.0481. The SMILES string of the molecule is C[C@@H](Nc1nc(N2CCN(C(=O)[C@H]3CCC(=O)N3)CC2)nc(N)c1Cl)c1ccc(Cl)cc1Cl. The summed E-state index contributed by atoms with van der Waals surface area (Å²) in [6.45, 7) is 3.99. The molecule has 2 fully saturated rings. The van der Waals surface area contributed by atoms with Crippen molar-refractivity contribution in [1.29, 1.82) is 0 Å². The number of aromatic nitrogens is 2. The van der Waals surface area contributed by atoms with Gasteiger partial charge in [-0.05, 0) is 31.0 Å². The first-order valence-corrected chi connectivity index (χ1v) is 11.7. The highest BCUT2D eigenvalue weighted by atomic mass is 35.5. The van der Waals surface area contributed by atoms with Crippen LogP contribution in [0.15, 0.2) is 18.2 Å². The van der Waals surface area contributed by atoms with Crippen molar-refractivity contribution < 1.29 is 9.59 Å². The Labute approximate surface area is 206 Å². The minimum atomic E-state index is -0.427. The normalized spacial score (nSPS) is 19.4. The number of benzene rings is 1. The third-order valence-electron chi connectivity index (χ3n) is 5.81. The van der Waals surface area contributed by atoms with Gasteiger partial charge in [-0.3, -0.25) is 9.59 Å². The minimum Gasteiger partial charge on any atom is -0.382 e. The molecule has 2 amide bonds. The second kappa shape index (κ2) is 9.79. The monoisotopic (exact) mass is 511 g/mol. The molecule has 33 heavy (non-hydrogen) atoms. The molecule has 2 aliphatic rings. The molecule has 0 bridgehead atoms. The highest BCUT2D eigenvalue weighted by Crippen LogP contribution is 2.33. The molecule has 0 spiro atoms. The lowest BCUT2D eigenvalue weighted by atomic mass is 10.1. The first-order valence-electron chi connectivity index (χ1n) is 10.6. The fourth-order valence-corrected chi connectivity index (χ4v) is 4.68. The van der Waals surface area contributed by atoms with E-state index in [2.05, 4.69) is 20.6 Å². The number of hydrogen-bond donors (Lipinski definition) is 3. The molecule has 176 valence electrons. The van der Waals surface area contributed by atoms with E-state index in [1.54, 1.807) is 17.0 Å². The molecule has 1 aromatic carbocycles. The maximum absolute atomic E-state index is 12.6. The summed E-state index contributed by atoms with van der Waals surface area (Å²) >= 11 is 18.7. The Hall–Kier alpha value is -2.49. The van der Waals surface area contributed by atoms with Crippen LogP contribution in [0.1, 0.15) is 31.4 Å². The van der Waals surface area contributed by atoms with Gasteiger partial charge in [-0.15, -0.1) is 0 Å². The van der Waals surface area contributed by atoms with E-state index in [4.69, 9.17) is 40.5 Å². The molecule has 0 radical (unpaired) electrons. The Balaban J connectivity index is 1.45. The first kappa shape index (κ1) is 23.7. The van der Waals surface area contributed by atoms with E-state index in [9.17, 15) is 9.59 Å². The summed E-state index contributed by atoms with van der Waals surface area (Å²) in [4.78, 5) is 36.7. The predicted octanol–water partition coefficient (Wildman–Crippen LogP) is 3.12. The predicted molar refractivity (Wildman–Crippen MR) is 130 cm³/mol. The molecule has 2 aliphatic heterocycles. The quantitative estimate of drug-likeness (QED) is 0.563. The second-order valence-corrected chi connectivity index (χ2v) is 9.30. The summed E-state index contributed by atoms with van der Waals surface area (Å²) in [5.74, 6) is 0.852. The van der Waals surface area contributed by atoms with Crippen molar-refractivity contribution in [3.8, 4) is 0 Å². The summed E-state index contributed by atoms with van der Waals surface area (Å²) < 4.78 is 0. The molecule has 4 rings (SSSR count). The molecular formula is C21H24Cl3N7O2. The molecule has 2 aromatic rings. The molecule has 9 nitrogen and oxygen atoms in total. The van der Waals surface area contributed by atoms with Gasteiger partial charge in [0.05, 0.1) is 6.04 Å². The molecule has 0 saturated carbocycles.